The summed E-state index contributed by atoms with van der Waals surface area (Å²) in [5.41, 5.74) is 9.73. The van der Waals surface area contributed by atoms with Gasteiger partial charge in [0.05, 0.1) is 0 Å². The molecule has 0 atom stereocenters. The first-order valence-electron chi connectivity index (χ1n) is 16.9. The van der Waals surface area contributed by atoms with Crippen LogP contribution in [0.1, 0.15) is 0 Å². The predicted octanol–water partition coefficient (Wildman–Crippen LogP) is 12.2. The highest BCUT2D eigenvalue weighted by Crippen LogP contribution is 2.34. The molecule has 3 nitrogen and oxygen atoms in total. The zero-order valence-corrected chi connectivity index (χ0v) is 27.2. The molecule has 0 spiro atoms. The van der Waals surface area contributed by atoms with Crippen LogP contribution in [0.5, 0.6) is 0 Å². The van der Waals surface area contributed by atoms with Crippen molar-refractivity contribution in [2.75, 3.05) is 0 Å². The Morgan fingerprint density at radius 1 is 0.220 bits per heavy atom. The van der Waals surface area contributed by atoms with Crippen molar-refractivity contribution in [1.29, 1.82) is 0 Å². The summed E-state index contributed by atoms with van der Waals surface area (Å²) in [5, 5.41) is 4.74. The maximum atomic E-state index is 5.15. The van der Waals surface area contributed by atoms with E-state index in [1.807, 2.05) is 12.1 Å². The van der Waals surface area contributed by atoms with Gasteiger partial charge in [0.25, 0.3) is 0 Å². The second kappa shape index (κ2) is 12.7. The summed E-state index contributed by atoms with van der Waals surface area (Å²) < 4.78 is 0. The Labute approximate surface area is 291 Å². The van der Waals surface area contributed by atoms with Gasteiger partial charge in [-0.2, -0.15) is 0 Å². The van der Waals surface area contributed by atoms with Crippen LogP contribution in [0, 0.1) is 0 Å². The minimum Gasteiger partial charge on any atom is -0.208 e. The van der Waals surface area contributed by atoms with E-state index < -0.39 is 0 Å². The normalized spacial score (nSPS) is 11.2. The van der Waals surface area contributed by atoms with Crippen LogP contribution in [0.2, 0.25) is 0 Å². The first-order chi connectivity index (χ1) is 24.7. The van der Waals surface area contributed by atoms with E-state index in [0.29, 0.717) is 17.5 Å². The van der Waals surface area contributed by atoms with Gasteiger partial charge in [-0.15, -0.1) is 0 Å². The third kappa shape index (κ3) is 5.72. The molecule has 0 aliphatic rings. The fourth-order valence-corrected chi connectivity index (χ4v) is 6.70. The molecule has 3 heteroatoms. The lowest BCUT2D eigenvalue weighted by Crippen LogP contribution is -2.01. The van der Waals surface area contributed by atoms with Gasteiger partial charge in [0.2, 0.25) is 0 Å². The highest BCUT2D eigenvalue weighted by molar-refractivity contribution is 5.91. The van der Waals surface area contributed by atoms with E-state index >= 15 is 0 Å². The van der Waals surface area contributed by atoms with Crippen molar-refractivity contribution in [3.8, 4) is 67.5 Å². The molecule has 50 heavy (non-hydrogen) atoms. The Kier molecular flexibility index (Phi) is 7.49. The van der Waals surface area contributed by atoms with Gasteiger partial charge in [0, 0.05) is 16.7 Å². The zero-order valence-electron chi connectivity index (χ0n) is 27.2. The van der Waals surface area contributed by atoms with Gasteiger partial charge < -0.3 is 0 Å². The van der Waals surface area contributed by atoms with Gasteiger partial charge in [-0.05, 0) is 79.2 Å². The van der Waals surface area contributed by atoms with E-state index in [0.717, 1.165) is 44.3 Å². The van der Waals surface area contributed by atoms with Crippen LogP contribution in [0.25, 0.3) is 89.1 Å². The number of nitrogens with zero attached hydrogens (tertiary/aromatic N) is 3. The van der Waals surface area contributed by atoms with E-state index in [9.17, 15) is 0 Å². The number of rotatable bonds is 6. The highest BCUT2D eigenvalue weighted by Gasteiger charge is 2.16. The van der Waals surface area contributed by atoms with E-state index in [1.165, 1.54) is 27.3 Å². The first-order valence-corrected chi connectivity index (χ1v) is 16.9. The average molecular weight is 638 g/mol. The van der Waals surface area contributed by atoms with Crippen molar-refractivity contribution >= 4 is 21.5 Å². The van der Waals surface area contributed by atoms with Gasteiger partial charge in [0.1, 0.15) is 0 Å². The Balaban J connectivity index is 1.16. The molecule has 0 aliphatic carbocycles. The zero-order chi connectivity index (χ0) is 33.3. The number of fused-ring (bicyclic) bond motifs is 2. The molecule has 0 saturated carbocycles. The molecule has 9 rings (SSSR count). The van der Waals surface area contributed by atoms with E-state index in [4.69, 9.17) is 15.0 Å². The minimum absolute atomic E-state index is 0.635. The summed E-state index contributed by atoms with van der Waals surface area (Å²) in [5.74, 6) is 1.92. The van der Waals surface area contributed by atoms with Crippen LogP contribution in [-0.2, 0) is 0 Å². The topological polar surface area (TPSA) is 38.7 Å². The van der Waals surface area contributed by atoms with Crippen molar-refractivity contribution in [3.63, 3.8) is 0 Å². The molecule has 8 aromatic carbocycles. The lowest BCUT2D eigenvalue weighted by Gasteiger charge is -2.13. The molecule has 0 N–H and O–H groups in total. The summed E-state index contributed by atoms with van der Waals surface area (Å²) in [7, 11) is 0. The van der Waals surface area contributed by atoms with Crippen LogP contribution < -0.4 is 0 Å². The third-order valence-electron chi connectivity index (χ3n) is 9.30. The number of hydrogen-bond acceptors (Lipinski definition) is 3. The second-order valence-electron chi connectivity index (χ2n) is 12.5. The smallest absolute Gasteiger partial charge is 0.164 e. The van der Waals surface area contributed by atoms with E-state index in [2.05, 4.69) is 176 Å². The molecule has 0 radical (unpaired) electrons. The molecular formula is C47H31N3. The van der Waals surface area contributed by atoms with Crippen molar-refractivity contribution in [3.05, 3.63) is 188 Å². The highest BCUT2D eigenvalue weighted by atomic mass is 15.0. The van der Waals surface area contributed by atoms with Crippen LogP contribution in [0.15, 0.2) is 188 Å². The minimum atomic E-state index is 0.635. The molecule has 9 aromatic rings. The van der Waals surface area contributed by atoms with Gasteiger partial charge >= 0.3 is 0 Å². The Bertz CT molecular complexity index is 2650. The predicted molar refractivity (Wildman–Crippen MR) is 207 cm³/mol. The number of hydrogen-bond donors (Lipinski definition) is 0. The largest absolute Gasteiger partial charge is 0.208 e. The quantitative estimate of drug-likeness (QED) is 0.182. The molecule has 0 saturated heterocycles. The summed E-state index contributed by atoms with van der Waals surface area (Å²) in [6.07, 6.45) is 0. The van der Waals surface area contributed by atoms with Crippen LogP contribution in [0.3, 0.4) is 0 Å². The van der Waals surface area contributed by atoms with Crippen LogP contribution in [0.4, 0.5) is 0 Å². The summed E-state index contributed by atoms with van der Waals surface area (Å²) in [4.78, 5) is 15.4. The van der Waals surface area contributed by atoms with Gasteiger partial charge in [0.15, 0.2) is 17.5 Å². The first kappa shape index (κ1) is 29.4. The van der Waals surface area contributed by atoms with Crippen molar-refractivity contribution in [2.45, 2.75) is 0 Å². The van der Waals surface area contributed by atoms with Gasteiger partial charge in [-0.1, -0.05) is 164 Å². The molecule has 0 aliphatic heterocycles. The molecule has 0 bridgehead atoms. The lowest BCUT2D eigenvalue weighted by molar-refractivity contribution is 1.07. The summed E-state index contributed by atoms with van der Waals surface area (Å²) >= 11 is 0. The van der Waals surface area contributed by atoms with E-state index in [1.54, 1.807) is 0 Å². The maximum absolute atomic E-state index is 5.15. The fraction of sp³-hybridized carbons (Fsp3) is 0. The lowest BCUT2D eigenvalue weighted by atomic mass is 9.97. The van der Waals surface area contributed by atoms with Crippen molar-refractivity contribution in [1.82, 2.24) is 15.0 Å². The number of benzene rings is 8. The molecular weight excluding hydrogens is 607 g/mol. The molecule has 0 amide bonds. The SMILES string of the molecule is c1ccc(-c2ccc3cc(-c4cccc(-c5nc(-c6ccc7ccccc7c6)nc(-c6ccccc6-c6ccccc6)n5)c4)ccc3c2)cc1. The molecule has 0 unspecified atom stereocenters. The maximum Gasteiger partial charge on any atom is 0.164 e. The Morgan fingerprint density at radius 2 is 0.640 bits per heavy atom. The summed E-state index contributed by atoms with van der Waals surface area (Å²) in [6.45, 7) is 0. The van der Waals surface area contributed by atoms with Crippen molar-refractivity contribution < 1.29 is 0 Å². The van der Waals surface area contributed by atoms with Crippen LogP contribution >= 0.6 is 0 Å². The molecule has 1 heterocycles. The Hall–Kier alpha value is -6.71. The van der Waals surface area contributed by atoms with E-state index in [-0.39, 0.29) is 0 Å². The van der Waals surface area contributed by atoms with Crippen molar-refractivity contribution in [2.24, 2.45) is 0 Å². The Morgan fingerprint density at radius 3 is 1.36 bits per heavy atom. The van der Waals surface area contributed by atoms with Gasteiger partial charge in [-0.25, -0.2) is 15.0 Å². The molecule has 0 fully saturated rings. The summed E-state index contributed by atoms with van der Waals surface area (Å²) in [6, 6.07) is 65.9. The monoisotopic (exact) mass is 637 g/mol. The van der Waals surface area contributed by atoms with Gasteiger partial charge in [-0.3, -0.25) is 0 Å². The molecule has 1 aromatic heterocycles. The second-order valence-corrected chi connectivity index (χ2v) is 12.5. The standard InChI is InChI=1S/C47H31N3/c1-3-12-32(13-4-1)37-23-24-40-29-38(25-26-39(40)28-37)36-18-11-19-41(31-36)45-48-46(42-27-22-33-14-7-8-17-35(33)30-42)50-47(49-45)44-21-10-9-20-43(44)34-15-5-2-6-16-34/h1-31H. The molecule has 234 valence electrons. The third-order valence-corrected chi connectivity index (χ3v) is 9.30. The number of aromatic nitrogens is 3. The fourth-order valence-electron chi connectivity index (χ4n) is 6.70. The van der Waals surface area contributed by atoms with Crippen LogP contribution in [-0.4, -0.2) is 15.0 Å². The average Bonchev–Trinajstić information content (AvgIpc) is 3.21.